The van der Waals surface area contributed by atoms with Crippen LogP contribution in [0.3, 0.4) is 0 Å². The predicted octanol–water partition coefficient (Wildman–Crippen LogP) is 1.99. The summed E-state index contributed by atoms with van der Waals surface area (Å²) in [5.41, 5.74) is 4.84. The molecule has 1 aromatic heterocycles. The summed E-state index contributed by atoms with van der Waals surface area (Å²) in [5.74, 6) is -0.187. The van der Waals surface area contributed by atoms with E-state index in [2.05, 4.69) is 41.2 Å². The van der Waals surface area contributed by atoms with Gasteiger partial charge in [-0.05, 0) is 55.5 Å². The van der Waals surface area contributed by atoms with Crippen molar-refractivity contribution in [1.29, 1.82) is 0 Å². The third-order valence-corrected chi connectivity index (χ3v) is 5.77. The van der Waals surface area contributed by atoms with E-state index in [0.29, 0.717) is 6.54 Å². The Labute approximate surface area is 153 Å². The van der Waals surface area contributed by atoms with Crippen LogP contribution in [0, 0.1) is 0 Å². The molecule has 1 aliphatic carbocycles. The van der Waals surface area contributed by atoms with Crippen LogP contribution < -0.4 is 5.56 Å². The SMILES string of the molecule is CN(CC1Cc2ccccc2CN1C)C(=O)c1cc2c([nH]c1=O)CCC2. The van der Waals surface area contributed by atoms with Gasteiger partial charge in [0.2, 0.25) is 0 Å². The minimum Gasteiger partial charge on any atom is -0.340 e. The number of nitrogens with zero attached hydrogens (tertiary/aromatic N) is 2. The number of hydrogen-bond acceptors (Lipinski definition) is 3. The molecule has 4 rings (SSSR count). The zero-order valence-corrected chi connectivity index (χ0v) is 15.4. The average Bonchev–Trinajstić information content (AvgIpc) is 3.08. The minimum atomic E-state index is -0.259. The minimum absolute atomic E-state index is 0.187. The number of benzene rings is 1. The van der Waals surface area contributed by atoms with Gasteiger partial charge in [-0.3, -0.25) is 14.5 Å². The molecular formula is C21H25N3O2. The van der Waals surface area contributed by atoms with E-state index in [1.54, 1.807) is 18.0 Å². The molecule has 0 saturated carbocycles. The molecule has 2 aliphatic rings. The van der Waals surface area contributed by atoms with Gasteiger partial charge in [-0.25, -0.2) is 0 Å². The van der Waals surface area contributed by atoms with Crippen LogP contribution in [-0.2, 0) is 25.8 Å². The maximum atomic E-state index is 12.9. The molecule has 5 nitrogen and oxygen atoms in total. The lowest BCUT2D eigenvalue weighted by Crippen LogP contribution is -2.46. The third kappa shape index (κ3) is 3.07. The van der Waals surface area contributed by atoms with Gasteiger partial charge in [-0.2, -0.15) is 0 Å². The van der Waals surface area contributed by atoms with E-state index in [9.17, 15) is 9.59 Å². The molecule has 1 unspecified atom stereocenters. The van der Waals surface area contributed by atoms with Gasteiger partial charge >= 0.3 is 0 Å². The zero-order chi connectivity index (χ0) is 18.3. The van der Waals surface area contributed by atoms with Crippen molar-refractivity contribution in [3.8, 4) is 0 Å². The number of rotatable bonds is 3. The smallest absolute Gasteiger partial charge is 0.261 e. The number of aryl methyl sites for hydroxylation is 2. The van der Waals surface area contributed by atoms with Crippen molar-refractivity contribution in [3.63, 3.8) is 0 Å². The first-order chi connectivity index (χ1) is 12.5. The number of hydrogen-bond donors (Lipinski definition) is 1. The summed E-state index contributed by atoms with van der Waals surface area (Å²) in [6.45, 7) is 1.50. The Morgan fingerprint density at radius 1 is 1.23 bits per heavy atom. The largest absolute Gasteiger partial charge is 0.340 e. The second-order valence-electron chi connectivity index (χ2n) is 7.60. The molecule has 0 bridgehead atoms. The molecule has 0 saturated heterocycles. The number of amides is 1. The first-order valence-corrected chi connectivity index (χ1v) is 9.30. The first-order valence-electron chi connectivity index (χ1n) is 9.30. The molecule has 5 heteroatoms. The Bertz CT molecular complexity index is 902. The number of carbonyl (C=O) groups is 1. The molecular weight excluding hydrogens is 326 g/mol. The van der Waals surface area contributed by atoms with Crippen molar-refractivity contribution in [1.82, 2.24) is 14.8 Å². The standard InChI is InChI=1S/C21H25N3O2/c1-23-12-16-7-4-3-6-14(16)10-17(23)13-24(2)21(26)18-11-15-8-5-9-19(15)22-20(18)25/h3-4,6-7,11,17H,5,8-10,12-13H2,1-2H3,(H,22,25). The Balaban J connectivity index is 1.51. The average molecular weight is 351 g/mol. The third-order valence-electron chi connectivity index (χ3n) is 5.77. The van der Waals surface area contributed by atoms with Crippen LogP contribution in [0.25, 0.3) is 0 Å². The number of fused-ring (bicyclic) bond motifs is 2. The van der Waals surface area contributed by atoms with Crippen LogP contribution in [-0.4, -0.2) is 47.4 Å². The highest BCUT2D eigenvalue weighted by Crippen LogP contribution is 2.23. The van der Waals surface area contributed by atoms with Crippen molar-refractivity contribution in [2.24, 2.45) is 0 Å². The Morgan fingerprint density at radius 3 is 2.81 bits per heavy atom. The zero-order valence-electron chi connectivity index (χ0n) is 15.4. The summed E-state index contributed by atoms with van der Waals surface area (Å²) in [6, 6.07) is 10.5. The second kappa shape index (κ2) is 6.72. The molecule has 2 aromatic rings. The van der Waals surface area contributed by atoms with E-state index < -0.39 is 0 Å². The fourth-order valence-corrected chi connectivity index (χ4v) is 4.20. The van der Waals surface area contributed by atoms with E-state index in [0.717, 1.165) is 43.5 Å². The molecule has 0 spiro atoms. The second-order valence-corrected chi connectivity index (χ2v) is 7.60. The van der Waals surface area contributed by atoms with Gasteiger partial charge in [0.25, 0.3) is 11.5 Å². The summed E-state index contributed by atoms with van der Waals surface area (Å²) >= 11 is 0. The van der Waals surface area contributed by atoms with Crippen molar-refractivity contribution in [2.75, 3.05) is 20.6 Å². The van der Waals surface area contributed by atoms with Gasteiger partial charge in [-0.1, -0.05) is 24.3 Å². The Kier molecular flexibility index (Phi) is 4.41. The lowest BCUT2D eigenvalue weighted by atomic mass is 9.94. The van der Waals surface area contributed by atoms with Crippen molar-refractivity contribution >= 4 is 5.91 Å². The van der Waals surface area contributed by atoms with E-state index >= 15 is 0 Å². The summed E-state index contributed by atoms with van der Waals surface area (Å²) in [5, 5.41) is 0. The summed E-state index contributed by atoms with van der Waals surface area (Å²) in [7, 11) is 3.89. The van der Waals surface area contributed by atoms with E-state index in [1.807, 2.05) is 0 Å². The van der Waals surface area contributed by atoms with Gasteiger partial charge in [0.05, 0.1) is 0 Å². The molecule has 1 aromatic carbocycles. The number of carbonyl (C=O) groups excluding carboxylic acids is 1. The normalized spacial score (nSPS) is 19.1. The number of pyridine rings is 1. The summed E-state index contributed by atoms with van der Waals surface area (Å²) in [4.78, 5) is 32.1. The van der Waals surface area contributed by atoms with Gasteiger partial charge in [-0.15, -0.1) is 0 Å². The monoisotopic (exact) mass is 351 g/mol. The van der Waals surface area contributed by atoms with Crippen LogP contribution in [0.2, 0.25) is 0 Å². The predicted molar refractivity (Wildman–Crippen MR) is 101 cm³/mol. The molecule has 1 aliphatic heterocycles. The van der Waals surface area contributed by atoms with Crippen LogP contribution in [0.15, 0.2) is 35.1 Å². The van der Waals surface area contributed by atoms with Gasteiger partial charge in [0, 0.05) is 31.9 Å². The first kappa shape index (κ1) is 17.0. The van der Waals surface area contributed by atoms with Crippen molar-refractivity contribution in [2.45, 2.75) is 38.3 Å². The fourth-order valence-electron chi connectivity index (χ4n) is 4.20. The molecule has 0 radical (unpaired) electrons. The van der Waals surface area contributed by atoms with Crippen LogP contribution >= 0.6 is 0 Å². The number of aromatic amines is 1. The molecule has 1 N–H and O–H groups in total. The molecule has 1 amide bonds. The van der Waals surface area contributed by atoms with Gasteiger partial charge < -0.3 is 9.88 Å². The molecule has 1 atom stereocenters. The van der Waals surface area contributed by atoms with Crippen LogP contribution in [0.5, 0.6) is 0 Å². The quantitative estimate of drug-likeness (QED) is 0.920. The summed E-state index contributed by atoms with van der Waals surface area (Å²) in [6.07, 6.45) is 3.81. The van der Waals surface area contributed by atoms with Gasteiger partial charge in [0.15, 0.2) is 0 Å². The van der Waals surface area contributed by atoms with Crippen LogP contribution in [0.1, 0.15) is 39.2 Å². The lowest BCUT2D eigenvalue weighted by Gasteiger charge is -2.36. The van der Waals surface area contributed by atoms with Crippen molar-refractivity contribution < 1.29 is 4.79 Å². The number of H-pyrrole nitrogens is 1. The fraction of sp³-hybridized carbons (Fsp3) is 0.429. The number of aromatic nitrogens is 1. The van der Waals surface area contributed by atoms with E-state index in [-0.39, 0.29) is 23.1 Å². The molecule has 136 valence electrons. The van der Waals surface area contributed by atoms with E-state index in [4.69, 9.17) is 0 Å². The maximum Gasteiger partial charge on any atom is 0.261 e. The Hall–Kier alpha value is -2.40. The topological polar surface area (TPSA) is 56.4 Å². The highest BCUT2D eigenvalue weighted by atomic mass is 16.2. The molecule has 26 heavy (non-hydrogen) atoms. The highest BCUT2D eigenvalue weighted by Gasteiger charge is 2.27. The highest BCUT2D eigenvalue weighted by molar-refractivity contribution is 5.94. The molecule has 0 fully saturated rings. The lowest BCUT2D eigenvalue weighted by molar-refractivity contribution is 0.0731. The number of nitrogens with one attached hydrogen (secondary N) is 1. The Morgan fingerprint density at radius 2 is 2.00 bits per heavy atom. The number of likely N-dealkylation sites (N-methyl/N-ethyl adjacent to an activating group) is 2. The van der Waals surface area contributed by atoms with Crippen LogP contribution in [0.4, 0.5) is 0 Å². The summed E-state index contributed by atoms with van der Waals surface area (Å²) < 4.78 is 0. The van der Waals surface area contributed by atoms with Gasteiger partial charge in [0.1, 0.15) is 5.56 Å². The van der Waals surface area contributed by atoms with Crippen molar-refractivity contribution in [3.05, 3.63) is 68.6 Å². The molecule has 2 heterocycles. The van der Waals surface area contributed by atoms with E-state index in [1.165, 1.54) is 11.1 Å². The maximum absolute atomic E-state index is 12.9.